The fourth-order valence-corrected chi connectivity index (χ4v) is 10.7. The van der Waals surface area contributed by atoms with Gasteiger partial charge in [0.1, 0.15) is 18.2 Å². The van der Waals surface area contributed by atoms with Crippen molar-refractivity contribution in [2.24, 2.45) is 23.7 Å². The molecule has 1 aliphatic carbocycles. The minimum atomic E-state index is -0.506. The van der Waals surface area contributed by atoms with Crippen LogP contribution in [0.5, 0.6) is 0 Å². The molecule has 2 rings (SSSR count). The first-order valence-corrected chi connectivity index (χ1v) is 33.3. The lowest BCUT2D eigenvalue weighted by atomic mass is 9.92. The van der Waals surface area contributed by atoms with Gasteiger partial charge in [-0.05, 0) is 83.2 Å². The summed E-state index contributed by atoms with van der Waals surface area (Å²) in [6, 6.07) is 0.162. The fourth-order valence-electron chi connectivity index (χ4n) is 10.7. The molecule has 0 bridgehead atoms. The lowest BCUT2D eigenvalue weighted by Crippen LogP contribution is -2.47. The Kier molecular flexibility index (Phi) is 43.7. The van der Waals surface area contributed by atoms with Crippen LogP contribution in [0, 0.1) is 23.7 Å². The number of likely N-dealkylation sites (tertiary alicyclic amines) is 1. The molecule has 472 valence electrons. The Morgan fingerprint density at radius 1 is 0.561 bits per heavy atom. The molecule has 0 aromatic rings. The zero-order valence-corrected chi connectivity index (χ0v) is 53.0. The molecule has 14 nitrogen and oxygen atoms in total. The van der Waals surface area contributed by atoms with Gasteiger partial charge in [-0.1, -0.05) is 207 Å². The quantitative estimate of drug-likeness (QED) is 0.0185. The van der Waals surface area contributed by atoms with Crippen LogP contribution in [0.2, 0.25) is 0 Å². The molecule has 2 aliphatic rings. The first-order valence-electron chi connectivity index (χ1n) is 33.3. The smallest absolute Gasteiger partial charge is 0.333 e. The molecule has 1 saturated carbocycles. The number of unbranched alkanes of at least 4 members (excludes halogenated alkanes) is 21. The molecular formula is C68H118N2O12. The molecule has 3 unspecified atom stereocenters. The zero-order valence-electron chi connectivity index (χ0n) is 53.0. The number of ether oxygens (including phenoxy) is 5. The summed E-state index contributed by atoms with van der Waals surface area (Å²) in [5, 5.41) is 0. The van der Waals surface area contributed by atoms with Gasteiger partial charge in [0.25, 0.3) is 0 Å². The van der Waals surface area contributed by atoms with Crippen LogP contribution in [0.3, 0.4) is 0 Å². The lowest BCUT2D eigenvalue weighted by Gasteiger charge is -2.37. The van der Waals surface area contributed by atoms with Crippen LogP contribution in [0.25, 0.3) is 0 Å². The molecule has 1 aliphatic heterocycles. The Morgan fingerprint density at radius 2 is 1.10 bits per heavy atom. The Bertz CT molecular complexity index is 1820. The van der Waals surface area contributed by atoms with Crippen molar-refractivity contribution in [2.75, 3.05) is 66.3 Å². The third-order valence-corrected chi connectivity index (χ3v) is 16.7. The standard InChI is InChI=1S/C68H118N2O12/c1-8-12-16-20-24-28-35-58-49-62(58)63(72)51-70(52-67(76)80-47-33-27-23-19-15-11-4)50-61(71)40-37-55(5)34-29-30-36-59(56(6)68(77)82-54-60-43-44-69(60)7)53-81-65(74)42-39-57(48-66(75)79-46-32-26-22-18-14-10-3)38-41-64(73)78-45-31-25-21-17-13-9-2/h38,55,58-60,62H,6,8-37,39-54H2,1-5,7H3/b57-38-/t55-,58?,59-,60?,62?/m0/s1. The molecule has 14 heteroatoms. The van der Waals surface area contributed by atoms with Crippen molar-refractivity contribution < 1.29 is 57.2 Å². The lowest BCUT2D eigenvalue weighted by molar-refractivity contribution is -0.147. The minimum Gasteiger partial charge on any atom is -0.465 e. The number of hydrogen-bond donors (Lipinski definition) is 0. The van der Waals surface area contributed by atoms with E-state index in [2.05, 4.69) is 46.1 Å². The summed E-state index contributed by atoms with van der Waals surface area (Å²) in [6.45, 7) is 17.2. The molecule has 1 saturated heterocycles. The van der Waals surface area contributed by atoms with Gasteiger partial charge < -0.3 is 23.7 Å². The van der Waals surface area contributed by atoms with Gasteiger partial charge >= 0.3 is 29.8 Å². The van der Waals surface area contributed by atoms with E-state index in [4.69, 9.17) is 23.7 Å². The van der Waals surface area contributed by atoms with E-state index in [0.717, 1.165) is 116 Å². The first-order chi connectivity index (χ1) is 39.7. The van der Waals surface area contributed by atoms with Gasteiger partial charge in [0.15, 0.2) is 0 Å². The van der Waals surface area contributed by atoms with Crippen molar-refractivity contribution >= 4 is 41.4 Å². The van der Waals surface area contributed by atoms with E-state index >= 15 is 0 Å². The SMILES string of the molecule is C=C(C(=O)OCC1CCN1C)[C@@H](CCCC[C@H](C)CCC(=O)CN(CC(=O)OCCCCCCCC)CC(=O)C1CC1CCCCCCCC)COC(=O)CC/C(=C/CC(=O)OCCCCCCCC)CC(=O)OCCCCCCCC. The number of Topliss-reactive ketones (excluding diaryl/α,β-unsaturated/α-hetero) is 2. The number of likely N-dealkylation sites (N-methyl/N-ethyl adjacent to an activating group) is 1. The Hall–Kier alpha value is -3.91. The summed E-state index contributed by atoms with van der Waals surface area (Å²) in [7, 11) is 1.99. The van der Waals surface area contributed by atoms with Crippen molar-refractivity contribution in [2.45, 2.75) is 278 Å². The number of carbonyl (C=O) groups is 7. The second-order valence-electron chi connectivity index (χ2n) is 24.4. The zero-order chi connectivity index (χ0) is 60.0. The fraction of sp³-hybridized carbons (Fsp3) is 0.838. The van der Waals surface area contributed by atoms with Crippen LogP contribution < -0.4 is 0 Å². The monoisotopic (exact) mass is 1150 g/mol. The Labute approximate surface area is 498 Å². The predicted molar refractivity (Wildman–Crippen MR) is 328 cm³/mol. The van der Waals surface area contributed by atoms with E-state index < -0.39 is 23.8 Å². The minimum absolute atomic E-state index is 0.0000591. The van der Waals surface area contributed by atoms with Gasteiger partial charge in [-0.2, -0.15) is 0 Å². The predicted octanol–water partition coefficient (Wildman–Crippen LogP) is 15.0. The topological polar surface area (TPSA) is 172 Å². The van der Waals surface area contributed by atoms with E-state index in [1.165, 1.54) is 83.5 Å². The molecule has 0 N–H and O–H groups in total. The highest BCUT2D eigenvalue weighted by Crippen LogP contribution is 2.43. The summed E-state index contributed by atoms with van der Waals surface area (Å²) in [4.78, 5) is 96.3. The summed E-state index contributed by atoms with van der Waals surface area (Å²) >= 11 is 0. The molecule has 0 aromatic carbocycles. The van der Waals surface area contributed by atoms with Gasteiger partial charge in [0.2, 0.25) is 0 Å². The number of ketones is 2. The average molecular weight is 1160 g/mol. The molecule has 5 atom stereocenters. The van der Waals surface area contributed by atoms with E-state index in [0.29, 0.717) is 50.6 Å². The number of nitrogens with zero attached hydrogens (tertiary/aromatic N) is 2. The molecule has 0 spiro atoms. The molecule has 82 heavy (non-hydrogen) atoms. The Morgan fingerprint density at radius 3 is 1.66 bits per heavy atom. The molecule has 1 heterocycles. The van der Waals surface area contributed by atoms with Crippen LogP contribution in [0.1, 0.15) is 272 Å². The van der Waals surface area contributed by atoms with E-state index in [-0.39, 0.29) is 105 Å². The number of carbonyl (C=O) groups excluding carboxylic acids is 7. The molecule has 0 amide bonds. The maximum absolute atomic E-state index is 13.5. The van der Waals surface area contributed by atoms with E-state index in [1.54, 1.807) is 11.0 Å². The van der Waals surface area contributed by atoms with Crippen LogP contribution >= 0.6 is 0 Å². The van der Waals surface area contributed by atoms with Crippen LogP contribution in [-0.4, -0.2) is 124 Å². The van der Waals surface area contributed by atoms with Crippen LogP contribution in [-0.2, 0) is 57.2 Å². The Balaban J connectivity index is 1.98. The number of rotatable bonds is 56. The second kappa shape index (κ2) is 48.3. The number of esters is 5. The van der Waals surface area contributed by atoms with Gasteiger partial charge in [-0.3, -0.25) is 38.6 Å². The van der Waals surface area contributed by atoms with Crippen molar-refractivity contribution in [1.29, 1.82) is 0 Å². The van der Waals surface area contributed by atoms with E-state index in [9.17, 15) is 33.6 Å². The third-order valence-electron chi connectivity index (χ3n) is 16.7. The van der Waals surface area contributed by atoms with Gasteiger partial charge in [-0.25, -0.2) is 4.79 Å². The maximum atomic E-state index is 13.5. The van der Waals surface area contributed by atoms with Crippen molar-refractivity contribution in [3.05, 3.63) is 23.8 Å². The highest BCUT2D eigenvalue weighted by atomic mass is 16.5. The highest BCUT2D eigenvalue weighted by Gasteiger charge is 2.42. The summed E-state index contributed by atoms with van der Waals surface area (Å²) in [6.07, 6.45) is 35.3. The second-order valence-corrected chi connectivity index (χ2v) is 24.4. The van der Waals surface area contributed by atoms with Crippen molar-refractivity contribution in [3.63, 3.8) is 0 Å². The number of hydrogen-bond acceptors (Lipinski definition) is 14. The maximum Gasteiger partial charge on any atom is 0.333 e. The normalized spacial score (nSPS) is 16.7. The summed E-state index contributed by atoms with van der Waals surface area (Å²) < 4.78 is 28.1. The largest absolute Gasteiger partial charge is 0.465 e. The average Bonchev–Trinajstić information content (AvgIpc) is 4.33. The van der Waals surface area contributed by atoms with Gasteiger partial charge in [-0.15, -0.1) is 0 Å². The van der Waals surface area contributed by atoms with Gasteiger partial charge in [0.05, 0.1) is 58.9 Å². The van der Waals surface area contributed by atoms with E-state index in [1.807, 2.05) is 7.05 Å². The summed E-state index contributed by atoms with van der Waals surface area (Å²) in [5.74, 6) is -1.88. The molecule has 2 fully saturated rings. The molecule has 0 aromatic heterocycles. The van der Waals surface area contributed by atoms with Crippen molar-refractivity contribution in [3.8, 4) is 0 Å². The first kappa shape index (κ1) is 74.2. The van der Waals surface area contributed by atoms with Crippen LogP contribution in [0.4, 0.5) is 0 Å². The molecular weight excluding hydrogens is 1040 g/mol. The van der Waals surface area contributed by atoms with Crippen LogP contribution in [0.15, 0.2) is 23.8 Å². The molecule has 0 radical (unpaired) electrons. The summed E-state index contributed by atoms with van der Waals surface area (Å²) in [5.41, 5.74) is 0.862. The third kappa shape index (κ3) is 38.1. The van der Waals surface area contributed by atoms with Crippen molar-refractivity contribution in [1.82, 2.24) is 9.80 Å². The highest BCUT2D eigenvalue weighted by molar-refractivity contribution is 5.89. The van der Waals surface area contributed by atoms with Gasteiger partial charge in [0, 0.05) is 36.3 Å².